The molecule has 0 saturated heterocycles. The molecule has 0 radical (unpaired) electrons. The topological polar surface area (TPSA) is 68.1 Å². The standard InChI is InChI=1S/C21H24N2O3/c1-3-5-6-15-26-21(25)17-9-13-19(14-10-17)23-22-18-11-7-16(8-12-18)20(24)4-2/h7-14H,3-6,15H2,1-2H3. The maximum atomic E-state index is 11.9. The lowest BCUT2D eigenvalue weighted by atomic mass is 10.1. The van der Waals surface area contributed by atoms with Crippen LogP contribution >= 0.6 is 0 Å². The summed E-state index contributed by atoms with van der Waals surface area (Å²) in [4.78, 5) is 23.5. The van der Waals surface area contributed by atoms with Crippen molar-refractivity contribution in [3.63, 3.8) is 0 Å². The summed E-state index contributed by atoms with van der Waals surface area (Å²) in [6, 6.07) is 13.8. The normalized spacial score (nSPS) is 10.8. The SMILES string of the molecule is CCCCCOC(=O)c1ccc(N=Nc2ccc(C(=O)CC)cc2)cc1. The molecule has 0 amide bonds. The van der Waals surface area contributed by atoms with E-state index < -0.39 is 0 Å². The zero-order valence-electron chi connectivity index (χ0n) is 15.3. The molecule has 0 heterocycles. The van der Waals surface area contributed by atoms with Crippen LogP contribution < -0.4 is 0 Å². The van der Waals surface area contributed by atoms with Crippen LogP contribution in [0.5, 0.6) is 0 Å². The minimum Gasteiger partial charge on any atom is -0.462 e. The Morgan fingerprint density at radius 2 is 1.35 bits per heavy atom. The van der Waals surface area contributed by atoms with Gasteiger partial charge in [-0.15, -0.1) is 0 Å². The van der Waals surface area contributed by atoms with Crippen LogP contribution in [0.1, 0.15) is 60.2 Å². The van der Waals surface area contributed by atoms with Gasteiger partial charge >= 0.3 is 5.97 Å². The molecular weight excluding hydrogens is 328 g/mol. The van der Waals surface area contributed by atoms with Gasteiger partial charge < -0.3 is 4.74 Å². The third-order valence-electron chi connectivity index (χ3n) is 3.88. The molecule has 136 valence electrons. The molecule has 0 fully saturated rings. The summed E-state index contributed by atoms with van der Waals surface area (Å²) in [5.41, 5.74) is 2.48. The summed E-state index contributed by atoms with van der Waals surface area (Å²) >= 11 is 0. The quantitative estimate of drug-likeness (QED) is 0.239. The number of carbonyl (C=O) groups excluding carboxylic acids is 2. The lowest BCUT2D eigenvalue weighted by Gasteiger charge is -2.04. The van der Waals surface area contributed by atoms with Crippen LogP contribution in [0.2, 0.25) is 0 Å². The number of Topliss-reactive ketones (excluding diaryl/α,β-unsaturated/α-hetero) is 1. The van der Waals surface area contributed by atoms with E-state index in [1.54, 1.807) is 48.5 Å². The Balaban J connectivity index is 1.92. The fraction of sp³-hybridized carbons (Fsp3) is 0.333. The van der Waals surface area contributed by atoms with Gasteiger partial charge in [0.05, 0.1) is 23.5 Å². The molecule has 26 heavy (non-hydrogen) atoms. The Hall–Kier alpha value is -2.82. The highest BCUT2D eigenvalue weighted by molar-refractivity contribution is 5.96. The average molecular weight is 352 g/mol. The highest BCUT2D eigenvalue weighted by atomic mass is 16.5. The Kier molecular flexibility index (Phi) is 7.68. The minimum absolute atomic E-state index is 0.102. The van der Waals surface area contributed by atoms with Gasteiger partial charge in [0.2, 0.25) is 0 Å². The second-order valence-electron chi connectivity index (χ2n) is 5.91. The van der Waals surface area contributed by atoms with Gasteiger partial charge in [-0.2, -0.15) is 10.2 Å². The maximum Gasteiger partial charge on any atom is 0.338 e. The number of nitrogens with zero attached hydrogens (tertiary/aromatic N) is 2. The highest BCUT2D eigenvalue weighted by Crippen LogP contribution is 2.20. The fourth-order valence-electron chi connectivity index (χ4n) is 2.30. The fourth-order valence-corrected chi connectivity index (χ4v) is 2.30. The molecule has 0 bridgehead atoms. The predicted octanol–water partition coefficient (Wildman–Crippen LogP) is 6.04. The minimum atomic E-state index is -0.319. The number of ketones is 1. The third kappa shape index (κ3) is 5.92. The van der Waals surface area contributed by atoms with E-state index in [0.29, 0.717) is 35.5 Å². The molecule has 0 aliphatic heterocycles. The molecule has 0 aliphatic rings. The molecule has 2 aromatic rings. The molecule has 2 rings (SSSR count). The van der Waals surface area contributed by atoms with E-state index in [1.807, 2.05) is 6.92 Å². The number of hydrogen-bond acceptors (Lipinski definition) is 5. The second-order valence-corrected chi connectivity index (χ2v) is 5.91. The molecule has 0 spiro atoms. The molecule has 2 aromatic carbocycles. The first-order valence-electron chi connectivity index (χ1n) is 8.96. The van der Waals surface area contributed by atoms with Crippen LogP contribution in [0.3, 0.4) is 0 Å². The van der Waals surface area contributed by atoms with E-state index in [9.17, 15) is 9.59 Å². The van der Waals surface area contributed by atoms with Gasteiger partial charge in [0, 0.05) is 12.0 Å². The molecular formula is C21H24N2O3. The molecule has 5 nitrogen and oxygen atoms in total. The van der Waals surface area contributed by atoms with Gasteiger partial charge in [-0.1, -0.05) is 26.7 Å². The van der Waals surface area contributed by atoms with Crippen molar-refractivity contribution in [2.24, 2.45) is 10.2 Å². The number of unbranched alkanes of at least 4 members (excludes halogenated alkanes) is 2. The van der Waals surface area contributed by atoms with Crippen molar-refractivity contribution in [3.8, 4) is 0 Å². The van der Waals surface area contributed by atoms with Crippen LogP contribution in [0.15, 0.2) is 58.8 Å². The Bertz CT molecular complexity index is 750. The van der Waals surface area contributed by atoms with Crippen LogP contribution in [0, 0.1) is 0 Å². The first kappa shape index (κ1) is 19.5. The largest absolute Gasteiger partial charge is 0.462 e. The number of benzene rings is 2. The predicted molar refractivity (Wildman–Crippen MR) is 101 cm³/mol. The Morgan fingerprint density at radius 1 is 0.808 bits per heavy atom. The molecule has 5 heteroatoms. The van der Waals surface area contributed by atoms with Crippen molar-refractivity contribution >= 4 is 23.1 Å². The summed E-state index contributed by atoms with van der Waals surface area (Å²) in [6.07, 6.45) is 3.51. The lowest BCUT2D eigenvalue weighted by molar-refractivity contribution is 0.0498. The molecule has 0 saturated carbocycles. The van der Waals surface area contributed by atoms with Crippen LogP contribution in [-0.4, -0.2) is 18.4 Å². The van der Waals surface area contributed by atoms with Crippen LogP contribution in [0.25, 0.3) is 0 Å². The van der Waals surface area contributed by atoms with Crippen LogP contribution in [-0.2, 0) is 4.74 Å². The molecule has 0 N–H and O–H groups in total. The van der Waals surface area contributed by atoms with Crippen molar-refractivity contribution in [2.75, 3.05) is 6.61 Å². The lowest BCUT2D eigenvalue weighted by Crippen LogP contribution is -2.06. The summed E-state index contributed by atoms with van der Waals surface area (Å²) in [7, 11) is 0. The molecule has 0 aromatic heterocycles. The first-order valence-corrected chi connectivity index (χ1v) is 8.96. The van der Waals surface area contributed by atoms with Gasteiger partial charge in [0.25, 0.3) is 0 Å². The van der Waals surface area contributed by atoms with Gasteiger partial charge in [-0.25, -0.2) is 4.79 Å². The van der Waals surface area contributed by atoms with Crippen molar-refractivity contribution in [2.45, 2.75) is 39.5 Å². The van der Waals surface area contributed by atoms with Crippen molar-refractivity contribution in [1.82, 2.24) is 0 Å². The van der Waals surface area contributed by atoms with Gasteiger partial charge in [0.15, 0.2) is 5.78 Å². The van der Waals surface area contributed by atoms with E-state index in [1.165, 1.54) is 0 Å². The van der Waals surface area contributed by atoms with E-state index in [-0.39, 0.29) is 11.8 Å². The van der Waals surface area contributed by atoms with E-state index in [4.69, 9.17) is 4.74 Å². The smallest absolute Gasteiger partial charge is 0.338 e. The van der Waals surface area contributed by atoms with Crippen molar-refractivity contribution in [1.29, 1.82) is 0 Å². The summed E-state index contributed by atoms with van der Waals surface area (Å²) in [6.45, 7) is 4.39. The number of hydrogen-bond donors (Lipinski definition) is 0. The molecule has 0 aliphatic carbocycles. The van der Waals surface area contributed by atoms with Crippen molar-refractivity contribution in [3.05, 3.63) is 59.7 Å². The maximum absolute atomic E-state index is 11.9. The van der Waals surface area contributed by atoms with Gasteiger partial charge in [0.1, 0.15) is 0 Å². The number of ether oxygens (including phenoxy) is 1. The van der Waals surface area contributed by atoms with Gasteiger partial charge in [-0.05, 0) is 55.0 Å². The zero-order chi connectivity index (χ0) is 18.8. The monoisotopic (exact) mass is 352 g/mol. The van der Waals surface area contributed by atoms with E-state index >= 15 is 0 Å². The van der Waals surface area contributed by atoms with Crippen molar-refractivity contribution < 1.29 is 14.3 Å². The molecule has 0 atom stereocenters. The van der Waals surface area contributed by atoms with Gasteiger partial charge in [-0.3, -0.25) is 4.79 Å². The first-order chi connectivity index (χ1) is 12.6. The number of carbonyl (C=O) groups is 2. The number of azo groups is 1. The summed E-state index contributed by atoms with van der Waals surface area (Å²) in [5.74, 6) is -0.216. The number of rotatable bonds is 9. The summed E-state index contributed by atoms with van der Waals surface area (Å²) < 4.78 is 5.22. The zero-order valence-corrected chi connectivity index (χ0v) is 15.3. The highest BCUT2D eigenvalue weighted by Gasteiger charge is 2.06. The Labute approximate surface area is 154 Å². The molecule has 0 unspecified atom stereocenters. The average Bonchev–Trinajstić information content (AvgIpc) is 2.69. The number of esters is 1. The van der Waals surface area contributed by atoms with E-state index in [2.05, 4.69) is 17.2 Å². The van der Waals surface area contributed by atoms with Crippen LogP contribution in [0.4, 0.5) is 11.4 Å². The van der Waals surface area contributed by atoms with E-state index in [0.717, 1.165) is 19.3 Å². The Morgan fingerprint density at radius 3 is 1.85 bits per heavy atom. The third-order valence-corrected chi connectivity index (χ3v) is 3.88. The summed E-state index contributed by atoms with van der Waals surface area (Å²) in [5, 5.41) is 8.29. The second kappa shape index (κ2) is 10.2.